The van der Waals surface area contributed by atoms with Crippen molar-refractivity contribution in [3.8, 4) is 0 Å². The van der Waals surface area contributed by atoms with E-state index in [4.69, 9.17) is 0 Å². The van der Waals surface area contributed by atoms with E-state index < -0.39 is 18.1 Å². The monoisotopic (exact) mass is 246 g/mol. The first kappa shape index (κ1) is 13.5. The van der Waals surface area contributed by atoms with Gasteiger partial charge < -0.3 is 4.74 Å². The Morgan fingerprint density at radius 3 is 2.35 bits per heavy atom. The number of rotatable bonds is 4. The van der Waals surface area contributed by atoms with E-state index in [1.165, 1.54) is 6.92 Å². The molecule has 1 rings (SSSR count). The van der Waals surface area contributed by atoms with E-state index in [1.54, 1.807) is 30.3 Å². The van der Waals surface area contributed by atoms with Gasteiger partial charge in [0.2, 0.25) is 0 Å². The molecule has 0 amide bonds. The zero-order valence-corrected chi connectivity index (χ0v) is 9.33. The predicted molar refractivity (Wildman–Crippen MR) is 56.3 cm³/mol. The topological polar surface area (TPSA) is 26.3 Å². The minimum Gasteiger partial charge on any atom is -0.466 e. The molecule has 0 N–H and O–H groups in total. The number of hydrogen-bond donors (Lipinski definition) is 0. The van der Waals surface area contributed by atoms with Crippen molar-refractivity contribution in [1.82, 2.24) is 0 Å². The molecule has 17 heavy (non-hydrogen) atoms. The van der Waals surface area contributed by atoms with E-state index in [1.807, 2.05) is 0 Å². The summed E-state index contributed by atoms with van der Waals surface area (Å²) in [5, 5.41) is 0. The molecule has 0 aromatic heterocycles. The van der Waals surface area contributed by atoms with Crippen molar-refractivity contribution < 1.29 is 22.7 Å². The van der Waals surface area contributed by atoms with E-state index in [-0.39, 0.29) is 13.0 Å². The summed E-state index contributed by atoms with van der Waals surface area (Å²) in [6.45, 7) is 1.42. The van der Waals surface area contributed by atoms with Crippen LogP contribution in [0.15, 0.2) is 30.3 Å². The lowest BCUT2D eigenvalue weighted by molar-refractivity contribution is -0.197. The summed E-state index contributed by atoms with van der Waals surface area (Å²) in [7, 11) is 0. The second-order valence-electron chi connectivity index (χ2n) is 3.54. The van der Waals surface area contributed by atoms with Gasteiger partial charge in [-0.1, -0.05) is 30.3 Å². The second-order valence-corrected chi connectivity index (χ2v) is 3.54. The Morgan fingerprint density at radius 2 is 1.88 bits per heavy atom. The fraction of sp³-hybridized carbons (Fsp3) is 0.417. The maximum absolute atomic E-state index is 12.7. The minimum atomic E-state index is -4.58. The molecule has 0 radical (unpaired) electrons. The quantitative estimate of drug-likeness (QED) is 0.763. The van der Waals surface area contributed by atoms with Gasteiger partial charge in [-0.05, 0) is 18.9 Å². The molecule has 0 spiro atoms. The summed E-state index contributed by atoms with van der Waals surface area (Å²) < 4.78 is 42.5. The van der Waals surface area contributed by atoms with Gasteiger partial charge in [0.05, 0.1) is 6.61 Å². The average Bonchev–Trinajstić information content (AvgIpc) is 2.26. The van der Waals surface area contributed by atoms with Gasteiger partial charge in [-0.3, -0.25) is 4.79 Å². The summed E-state index contributed by atoms with van der Waals surface area (Å²) in [6, 6.07) is 8.08. The Hall–Kier alpha value is -1.52. The van der Waals surface area contributed by atoms with Crippen molar-refractivity contribution in [2.24, 2.45) is 5.92 Å². The highest BCUT2D eigenvalue weighted by molar-refractivity contribution is 5.73. The lowest BCUT2D eigenvalue weighted by atomic mass is 9.99. The molecular formula is C12H13F3O2. The number of halogens is 3. The first-order valence-electron chi connectivity index (χ1n) is 5.22. The Bertz CT molecular complexity index is 360. The summed E-state index contributed by atoms with van der Waals surface area (Å²) in [5.74, 6) is -3.31. The van der Waals surface area contributed by atoms with Gasteiger partial charge in [0, 0.05) is 0 Å². The first-order valence-corrected chi connectivity index (χ1v) is 5.22. The molecule has 1 aromatic carbocycles. The fourth-order valence-electron chi connectivity index (χ4n) is 1.43. The molecule has 0 fully saturated rings. The van der Waals surface area contributed by atoms with Crippen LogP contribution in [0.1, 0.15) is 12.5 Å². The number of carbonyl (C=O) groups is 1. The molecule has 0 aliphatic rings. The highest BCUT2D eigenvalue weighted by Gasteiger charge is 2.45. The highest BCUT2D eigenvalue weighted by atomic mass is 19.4. The Labute approximate surface area is 97.4 Å². The van der Waals surface area contributed by atoms with E-state index in [0.29, 0.717) is 5.56 Å². The molecule has 1 aromatic rings. The molecule has 2 nitrogen and oxygen atoms in total. The molecule has 0 saturated heterocycles. The van der Waals surface area contributed by atoms with Crippen molar-refractivity contribution in [3.05, 3.63) is 35.9 Å². The van der Waals surface area contributed by atoms with Gasteiger partial charge in [-0.15, -0.1) is 0 Å². The van der Waals surface area contributed by atoms with Crippen molar-refractivity contribution in [2.75, 3.05) is 6.61 Å². The summed E-state index contributed by atoms with van der Waals surface area (Å²) in [6.07, 6.45) is -4.97. The third kappa shape index (κ3) is 4.09. The van der Waals surface area contributed by atoms with Crippen LogP contribution in [0.25, 0.3) is 0 Å². The molecule has 0 bridgehead atoms. The maximum atomic E-state index is 12.7. The van der Waals surface area contributed by atoms with Crippen LogP contribution in [0.5, 0.6) is 0 Å². The normalized spacial score (nSPS) is 13.2. The van der Waals surface area contributed by atoms with Gasteiger partial charge in [0.25, 0.3) is 0 Å². The number of hydrogen-bond acceptors (Lipinski definition) is 2. The third-order valence-corrected chi connectivity index (χ3v) is 2.25. The van der Waals surface area contributed by atoms with Gasteiger partial charge in [0.1, 0.15) is 0 Å². The van der Waals surface area contributed by atoms with E-state index >= 15 is 0 Å². The summed E-state index contributed by atoms with van der Waals surface area (Å²) >= 11 is 0. The number of benzene rings is 1. The van der Waals surface area contributed by atoms with Gasteiger partial charge in [-0.25, -0.2) is 0 Å². The van der Waals surface area contributed by atoms with Crippen LogP contribution in [0.3, 0.4) is 0 Å². The zero-order chi connectivity index (χ0) is 12.9. The lowest BCUT2D eigenvalue weighted by Crippen LogP contribution is -2.34. The molecule has 0 heterocycles. The van der Waals surface area contributed by atoms with Crippen LogP contribution in [-0.4, -0.2) is 18.8 Å². The smallest absolute Gasteiger partial charge is 0.402 e. The number of alkyl halides is 3. The Kier molecular flexibility index (Phi) is 4.54. The van der Waals surface area contributed by atoms with Crippen LogP contribution in [-0.2, 0) is 16.0 Å². The summed E-state index contributed by atoms with van der Waals surface area (Å²) in [5.41, 5.74) is 0.461. The van der Waals surface area contributed by atoms with E-state index in [9.17, 15) is 18.0 Å². The SMILES string of the molecule is CCOC(=O)C(Cc1ccccc1)C(F)(F)F. The average molecular weight is 246 g/mol. The number of esters is 1. The first-order chi connectivity index (χ1) is 7.95. The van der Waals surface area contributed by atoms with Crippen LogP contribution in [0.4, 0.5) is 13.2 Å². The highest BCUT2D eigenvalue weighted by Crippen LogP contribution is 2.30. The standard InChI is InChI=1S/C12H13F3O2/c1-2-17-11(16)10(12(13,14)15)8-9-6-4-3-5-7-9/h3-7,10H,2,8H2,1H3. The molecular weight excluding hydrogens is 233 g/mol. The fourth-order valence-corrected chi connectivity index (χ4v) is 1.43. The van der Waals surface area contributed by atoms with Gasteiger partial charge in [-0.2, -0.15) is 13.2 Å². The second kappa shape index (κ2) is 5.70. The van der Waals surface area contributed by atoms with Crippen LogP contribution in [0, 0.1) is 5.92 Å². The lowest BCUT2D eigenvalue weighted by Gasteiger charge is -2.18. The van der Waals surface area contributed by atoms with Gasteiger partial charge >= 0.3 is 12.1 Å². The number of carbonyl (C=O) groups excluding carboxylic acids is 1. The molecule has 1 atom stereocenters. The van der Waals surface area contributed by atoms with Gasteiger partial charge in [0.15, 0.2) is 5.92 Å². The molecule has 5 heteroatoms. The van der Waals surface area contributed by atoms with E-state index in [0.717, 1.165) is 0 Å². The number of ether oxygens (including phenoxy) is 1. The van der Waals surface area contributed by atoms with E-state index in [2.05, 4.69) is 4.74 Å². The largest absolute Gasteiger partial charge is 0.466 e. The molecule has 94 valence electrons. The minimum absolute atomic E-state index is 0.0554. The van der Waals surface area contributed by atoms with Crippen molar-refractivity contribution in [3.63, 3.8) is 0 Å². The predicted octanol–water partition coefficient (Wildman–Crippen LogP) is 2.97. The zero-order valence-electron chi connectivity index (χ0n) is 9.33. The van der Waals surface area contributed by atoms with Crippen LogP contribution < -0.4 is 0 Å². The van der Waals surface area contributed by atoms with Crippen molar-refractivity contribution in [1.29, 1.82) is 0 Å². The van der Waals surface area contributed by atoms with Crippen LogP contribution in [0.2, 0.25) is 0 Å². The molecule has 0 aliphatic carbocycles. The summed E-state index contributed by atoms with van der Waals surface area (Å²) in [4.78, 5) is 11.3. The molecule has 0 saturated carbocycles. The Morgan fingerprint density at radius 1 is 1.29 bits per heavy atom. The third-order valence-electron chi connectivity index (χ3n) is 2.25. The molecule has 1 unspecified atom stereocenters. The van der Waals surface area contributed by atoms with Crippen molar-refractivity contribution in [2.45, 2.75) is 19.5 Å². The van der Waals surface area contributed by atoms with Crippen LogP contribution >= 0.6 is 0 Å². The van der Waals surface area contributed by atoms with Crippen molar-refractivity contribution >= 4 is 5.97 Å². The molecule has 0 aliphatic heterocycles. The maximum Gasteiger partial charge on any atom is 0.402 e. The Balaban J connectivity index is 2.82.